The molecule has 3 N–H and O–H groups in total. The molecule has 0 fully saturated rings. The van der Waals surface area contributed by atoms with Gasteiger partial charge in [0.25, 0.3) is 5.91 Å². The fraction of sp³-hybridized carbons (Fsp3) is 0.278. The number of aryl methyl sites for hydroxylation is 2. The highest BCUT2D eigenvalue weighted by Crippen LogP contribution is 2.31. The highest BCUT2D eigenvalue weighted by atomic mass is 35.5. The Labute approximate surface area is 135 Å². The molecule has 0 aromatic heterocycles. The maximum atomic E-state index is 12.5. The maximum Gasteiger partial charge on any atom is 0.253 e. The Morgan fingerprint density at radius 1 is 1.27 bits per heavy atom. The summed E-state index contributed by atoms with van der Waals surface area (Å²) in [5.74, 6) is -0.125. The first-order valence-electron chi connectivity index (χ1n) is 7.50. The summed E-state index contributed by atoms with van der Waals surface area (Å²) in [6.45, 7) is 1.95. The van der Waals surface area contributed by atoms with Gasteiger partial charge in [-0.05, 0) is 67.1 Å². The van der Waals surface area contributed by atoms with Gasteiger partial charge in [0, 0.05) is 5.69 Å². The second kappa shape index (κ2) is 6.01. The second-order valence-electron chi connectivity index (χ2n) is 5.86. The van der Waals surface area contributed by atoms with E-state index in [0.717, 1.165) is 36.1 Å². The number of benzene rings is 2. The summed E-state index contributed by atoms with van der Waals surface area (Å²) in [4.78, 5) is 12.5. The van der Waals surface area contributed by atoms with E-state index in [1.807, 2.05) is 37.3 Å². The van der Waals surface area contributed by atoms with E-state index in [1.54, 1.807) is 6.07 Å². The highest BCUT2D eigenvalue weighted by molar-refractivity contribution is 6.33. The van der Waals surface area contributed by atoms with E-state index in [4.69, 9.17) is 17.3 Å². The molecular weight excluding hydrogens is 296 g/mol. The molecule has 0 aliphatic heterocycles. The Kier molecular flexibility index (Phi) is 4.08. The number of rotatable bonds is 2. The largest absolute Gasteiger partial charge is 0.399 e. The summed E-state index contributed by atoms with van der Waals surface area (Å²) < 4.78 is 0. The first-order valence-corrected chi connectivity index (χ1v) is 7.87. The van der Waals surface area contributed by atoms with Crippen LogP contribution in [0.2, 0.25) is 5.02 Å². The molecule has 4 heteroatoms. The van der Waals surface area contributed by atoms with Gasteiger partial charge in [0.1, 0.15) is 0 Å². The topological polar surface area (TPSA) is 55.1 Å². The predicted octanol–water partition coefficient (Wildman–Crippen LogP) is 4.04. The highest BCUT2D eigenvalue weighted by Gasteiger charge is 2.23. The van der Waals surface area contributed by atoms with Crippen molar-refractivity contribution in [3.63, 3.8) is 0 Å². The van der Waals surface area contributed by atoms with E-state index in [0.29, 0.717) is 10.6 Å². The average Bonchev–Trinajstić information content (AvgIpc) is 2.47. The van der Waals surface area contributed by atoms with Crippen LogP contribution < -0.4 is 11.1 Å². The van der Waals surface area contributed by atoms with Gasteiger partial charge in [0.2, 0.25) is 0 Å². The Morgan fingerprint density at radius 2 is 2.09 bits per heavy atom. The van der Waals surface area contributed by atoms with Crippen LogP contribution in [0.1, 0.15) is 45.9 Å². The fourth-order valence-electron chi connectivity index (χ4n) is 3.02. The normalized spacial score (nSPS) is 16.9. The molecule has 2 aromatic rings. The van der Waals surface area contributed by atoms with Crippen molar-refractivity contribution in [3.8, 4) is 0 Å². The maximum absolute atomic E-state index is 12.5. The van der Waals surface area contributed by atoms with Gasteiger partial charge in [-0.15, -0.1) is 0 Å². The number of hydrogen-bond acceptors (Lipinski definition) is 2. The molecule has 3 nitrogen and oxygen atoms in total. The molecular formula is C18H19ClN2O. The minimum absolute atomic E-state index is 0.0224. The number of anilines is 1. The van der Waals surface area contributed by atoms with Gasteiger partial charge in [-0.1, -0.05) is 23.7 Å². The molecule has 114 valence electrons. The molecule has 3 rings (SSSR count). The standard InChI is InChI=1S/C18H19ClN2O/c1-11-5-7-15(16(19)9-11)18(22)21-17-4-2-3-12-10-13(20)6-8-14(12)17/h5-10,17H,2-4,20H2,1H3,(H,21,22). The fourth-order valence-corrected chi connectivity index (χ4v) is 3.35. The molecule has 2 aromatic carbocycles. The number of fused-ring (bicyclic) bond motifs is 1. The van der Waals surface area contributed by atoms with Crippen molar-refractivity contribution in [3.05, 3.63) is 63.7 Å². The van der Waals surface area contributed by atoms with Crippen LogP contribution in [0.5, 0.6) is 0 Å². The number of nitrogen functional groups attached to an aromatic ring is 1. The van der Waals surface area contributed by atoms with Crippen molar-refractivity contribution in [1.29, 1.82) is 0 Å². The van der Waals surface area contributed by atoms with Gasteiger partial charge >= 0.3 is 0 Å². The lowest BCUT2D eigenvalue weighted by molar-refractivity contribution is 0.0933. The van der Waals surface area contributed by atoms with Crippen molar-refractivity contribution in [2.24, 2.45) is 0 Å². The van der Waals surface area contributed by atoms with Gasteiger partial charge in [0.05, 0.1) is 16.6 Å². The van der Waals surface area contributed by atoms with E-state index in [2.05, 4.69) is 5.32 Å². The van der Waals surface area contributed by atoms with Crippen LogP contribution in [0.3, 0.4) is 0 Å². The third-order valence-electron chi connectivity index (χ3n) is 4.16. The van der Waals surface area contributed by atoms with E-state index in [9.17, 15) is 4.79 Å². The van der Waals surface area contributed by atoms with Crippen LogP contribution in [-0.2, 0) is 6.42 Å². The van der Waals surface area contributed by atoms with E-state index >= 15 is 0 Å². The summed E-state index contributed by atoms with van der Waals surface area (Å²) >= 11 is 6.19. The second-order valence-corrected chi connectivity index (χ2v) is 6.27. The number of halogens is 1. The smallest absolute Gasteiger partial charge is 0.253 e. The van der Waals surface area contributed by atoms with Crippen molar-refractivity contribution in [2.45, 2.75) is 32.2 Å². The molecule has 0 spiro atoms. The predicted molar refractivity (Wildman–Crippen MR) is 90.2 cm³/mol. The van der Waals surface area contributed by atoms with Crippen LogP contribution in [-0.4, -0.2) is 5.91 Å². The molecule has 1 amide bonds. The lowest BCUT2D eigenvalue weighted by Crippen LogP contribution is -2.31. The number of carbonyl (C=O) groups excluding carboxylic acids is 1. The summed E-state index contributed by atoms with van der Waals surface area (Å²) in [5, 5.41) is 3.60. The quantitative estimate of drug-likeness (QED) is 0.822. The van der Waals surface area contributed by atoms with E-state index in [-0.39, 0.29) is 11.9 Å². The van der Waals surface area contributed by atoms with Crippen LogP contribution in [0.4, 0.5) is 5.69 Å². The molecule has 1 atom stereocenters. The minimum atomic E-state index is -0.125. The zero-order valence-electron chi connectivity index (χ0n) is 12.5. The van der Waals surface area contributed by atoms with Gasteiger partial charge in [-0.25, -0.2) is 0 Å². The first kappa shape index (κ1) is 14.9. The van der Waals surface area contributed by atoms with Crippen molar-refractivity contribution >= 4 is 23.2 Å². The van der Waals surface area contributed by atoms with Crippen molar-refractivity contribution in [2.75, 3.05) is 5.73 Å². The SMILES string of the molecule is Cc1ccc(C(=O)NC2CCCc3cc(N)ccc32)c(Cl)c1. The molecule has 1 aliphatic carbocycles. The Morgan fingerprint density at radius 3 is 2.86 bits per heavy atom. The third-order valence-corrected chi connectivity index (χ3v) is 4.47. The van der Waals surface area contributed by atoms with Crippen molar-refractivity contribution < 1.29 is 4.79 Å². The lowest BCUT2D eigenvalue weighted by Gasteiger charge is -2.27. The van der Waals surface area contributed by atoms with Crippen LogP contribution in [0.15, 0.2) is 36.4 Å². The molecule has 0 bridgehead atoms. The van der Waals surface area contributed by atoms with Crippen LogP contribution in [0, 0.1) is 6.92 Å². The number of nitrogens with one attached hydrogen (secondary N) is 1. The van der Waals surface area contributed by atoms with Crippen molar-refractivity contribution in [1.82, 2.24) is 5.32 Å². The summed E-state index contributed by atoms with van der Waals surface area (Å²) in [5.41, 5.74) is 10.6. The summed E-state index contributed by atoms with van der Waals surface area (Å²) in [7, 11) is 0. The number of hydrogen-bond donors (Lipinski definition) is 2. The van der Waals surface area contributed by atoms with E-state index in [1.165, 1.54) is 5.56 Å². The molecule has 1 aliphatic rings. The monoisotopic (exact) mass is 314 g/mol. The van der Waals surface area contributed by atoms with Crippen LogP contribution in [0.25, 0.3) is 0 Å². The van der Waals surface area contributed by atoms with Gasteiger partial charge < -0.3 is 11.1 Å². The summed E-state index contributed by atoms with van der Waals surface area (Å²) in [6.07, 6.45) is 2.99. The molecule has 0 heterocycles. The van der Waals surface area contributed by atoms with Gasteiger partial charge in [-0.2, -0.15) is 0 Å². The number of nitrogens with two attached hydrogens (primary N) is 1. The van der Waals surface area contributed by atoms with Gasteiger partial charge in [-0.3, -0.25) is 4.79 Å². The Bertz CT molecular complexity index is 727. The molecule has 22 heavy (non-hydrogen) atoms. The number of amides is 1. The van der Waals surface area contributed by atoms with Gasteiger partial charge in [0.15, 0.2) is 0 Å². The minimum Gasteiger partial charge on any atom is -0.399 e. The molecule has 1 unspecified atom stereocenters. The Hall–Kier alpha value is -2.00. The first-order chi connectivity index (χ1) is 10.5. The Balaban J connectivity index is 1.84. The average molecular weight is 315 g/mol. The molecule has 0 saturated heterocycles. The zero-order chi connectivity index (χ0) is 15.7. The van der Waals surface area contributed by atoms with E-state index < -0.39 is 0 Å². The molecule has 0 radical (unpaired) electrons. The lowest BCUT2D eigenvalue weighted by atomic mass is 9.87. The molecule has 0 saturated carbocycles. The third kappa shape index (κ3) is 2.95. The summed E-state index contributed by atoms with van der Waals surface area (Å²) in [6, 6.07) is 11.4. The van der Waals surface area contributed by atoms with Crippen LogP contribution >= 0.6 is 11.6 Å². The number of carbonyl (C=O) groups is 1. The zero-order valence-corrected chi connectivity index (χ0v) is 13.3.